The lowest BCUT2D eigenvalue weighted by Gasteiger charge is -2.23. The highest BCUT2D eigenvalue weighted by atomic mass is 16.2. The summed E-state index contributed by atoms with van der Waals surface area (Å²) in [6, 6.07) is 3.57. The molecule has 0 aromatic carbocycles. The van der Waals surface area contributed by atoms with E-state index in [0.717, 1.165) is 5.56 Å². The Bertz CT molecular complexity index is 416. The first-order chi connectivity index (χ1) is 7.61. The van der Waals surface area contributed by atoms with Gasteiger partial charge in [0.2, 0.25) is 5.91 Å². The number of Topliss-reactive ketones (excluding diaryl/α,β-unsaturated/α-hetero) is 1. The molecule has 2 rings (SSSR count). The fraction of sp³-hybridized carbons (Fsp3) is 0.417. The number of nitrogens with zero attached hydrogens (tertiary/aromatic N) is 2. The Morgan fingerprint density at radius 3 is 2.88 bits per heavy atom. The van der Waals surface area contributed by atoms with Crippen LogP contribution in [0.2, 0.25) is 0 Å². The summed E-state index contributed by atoms with van der Waals surface area (Å²) < 4.78 is 0. The molecule has 1 amide bonds. The molecule has 1 aliphatic heterocycles. The van der Waals surface area contributed by atoms with Crippen LogP contribution in [0.1, 0.15) is 24.9 Å². The first kappa shape index (κ1) is 10.8. The summed E-state index contributed by atoms with van der Waals surface area (Å²) in [6.45, 7) is 1.54. The number of pyridine rings is 1. The van der Waals surface area contributed by atoms with Crippen LogP contribution in [0.15, 0.2) is 24.5 Å². The third-order valence-electron chi connectivity index (χ3n) is 3.13. The quantitative estimate of drug-likeness (QED) is 0.749. The minimum Gasteiger partial charge on any atom is -0.338 e. The van der Waals surface area contributed by atoms with Crippen LogP contribution in [-0.2, 0) is 9.59 Å². The number of amides is 1. The number of carbonyl (C=O) groups is 2. The SMILES string of the molecule is CC(=O)[C@@H]1CC(=O)N(C)[C@H]1c1cccnc1. The number of ketones is 1. The van der Waals surface area contributed by atoms with Crippen molar-refractivity contribution in [2.45, 2.75) is 19.4 Å². The maximum absolute atomic E-state index is 11.6. The first-order valence-corrected chi connectivity index (χ1v) is 5.27. The lowest BCUT2D eigenvalue weighted by atomic mass is 9.92. The third kappa shape index (κ3) is 1.71. The standard InChI is InChI=1S/C12H14N2O2/c1-8(15)10-6-11(16)14(2)12(10)9-4-3-5-13-7-9/h3-5,7,10,12H,6H2,1-2H3/t10-,12-/m0/s1. The summed E-state index contributed by atoms with van der Waals surface area (Å²) in [5.74, 6) is -0.151. The van der Waals surface area contributed by atoms with Crippen molar-refractivity contribution in [2.24, 2.45) is 5.92 Å². The Balaban J connectivity index is 2.37. The summed E-state index contributed by atoms with van der Waals surface area (Å²) in [5.41, 5.74) is 0.927. The zero-order valence-corrected chi connectivity index (χ0v) is 9.38. The topological polar surface area (TPSA) is 50.3 Å². The molecule has 1 aliphatic rings. The molecule has 1 aromatic rings. The third-order valence-corrected chi connectivity index (χ3v) is 3.13. The van der Waals surface area contributed by atoms with Gasteiger partial charge in [-0.05, 0) is 18.6 Å². The number of hydrogen-bond acceptors (Lipinski definition) is 3. The van der Waals surface area contributed by atoms with Crippen LogP contribution in [-0.4, -0.2) is 28.6 Å². The monoisotopic (exact) mass is 218 g/mol. The molecule has 4 heteroatoms. The van der Waals surface area contributed by atoms with E-state index in [1.165, 1.54) is 0 Å². The van der Waals surface area contributed by atoms with Gasteiger partial charge in [-0.1, -0.05) is 6.07 Å². The van der Waals surface area contributed by atoms with Crippen LogP contribution in [0, 0.1) is 5.92 Å². The summed E-state index contributed by atoms with van der Waals surface area (Å²) in [6.07, 6.45) is 3.71. The van der Waals surface area contributed by atoms with E-state index in [1.807, 2.05) is 12.1 Å². The second-order valence-corrected chi connectivity index (χ2v) is 4.16. The summed E-state index contributed by atoms with van der Waals surface area (Å²) in [4.78, 5) is 28.8. The summed E-state index contributed by atoms with van der Waals surface area (Å²) in [5, 5.41) is 0. The van der Waals surface area contributed by atoms with Gasteiger partial charge in [-0.15, -0.1) is 0 Å². The van der Waals surface area contributed by atoms with E-state index in [0.29, 0.717) is 6.42 Å². The van der Waals surface area contributed by atoms with Gasteiger partial charge in [0.25, 0.3) is 0 Å². The molecule has 2 atom stereocenters. The molecule has 0 aliphatic carbocycles. The van der Waals surface area contributed by atoms with Crippen LogP contribution in [0.4, 0.5) is 0 Å². The molecule has 1 saturated heterocycles. The van der Waals surface area contributed by atoms with Gasteiger partial charge in [-0.3, -0.25) is 14.6 Å². The Kier molecular flexibility index (Phi) is 2.73. The van der Waals surface area contributed by atoms with E-state index in [9.17, 15) is 9.59 Å². The van der Waals surface area contributed by atoms with Crippen molar-refractivity contribution in [3.63, 3.8) is 0 Å². The highest BCUT2D eigenvalue weighted by molar-refractivity contribution is 5.90. The molecule has 0 unspecified atom stereocenters. The average Bonchev–Trinajstić information content (AvgIpc) is 2.57. The van der Waals surface area contributed by atoms with Crippen molar-refractivity contribution < 1.29 is 9.59 Å². The fourth-order valence-corrected chi connectivity index (χ4v) is 2.24. The predicted molar refractivity (Wildman–Crippen MR) is 58.5 cm³/mol. The van der Waals surface area contributed by atoms with Crippen LogP contribution in [0.25, 0.3) is 0 Å². The zero-order chi connectivity index (χ0) is 11.7. The Hall–Kier alpha value is -1.71. The summed E-state index contributed by atoms with van der Waals surface area (Å²) >= 11 is 0. The van der Waals surface area contributed by atoms with E-state index < -0.39 is 0 Å². The second-order valence-electron chi connectivity index (χ2n) is 4.16. The van der Waals surface area contributed by atoms with Crippen LogP contribution >= 0.6 is 0 Å². The molecule has 84 valence electrons. The van der Waals surface area contributed by atoms with E-state index in [-0.39, 0.29) is 23.7 Å². The summed E-state index contributed by atoms with van der Waals surface area (Å²) in [7, 11) is 1.74. The normalized spacial score (nSPS) is 24.9. The highest BCUT2D eigenvalue weighted by Crippen LogP contribution is 2.36. The van der Waals surface area contributed by atoms with Crippen molar-refractivity contribution in [2.75, 3.05) is 7.05 Å². The van der Waals surface area contributed by atoms with Gasteiger partial charge in [0.15, 0.2) is 0 Å². The van der Waals surface area contributed by atoms with Gasteiger partial charge in [0.1, 0.15) is 5.78 Å². The Morgan fingerprint density at radius 1 is 1.56 bits per heavy atom. The zero-order valence-electron chi connectivity index (χ0n) is 9.38. The lowest BCUT2D eigenvalue weighted by molar-refractivity contribution is -0.128. The molecule has 0 N–H and O–H groups in total. The van der Waals surface area contributed by atoms with Crippen LogP contribution in [0.3, 0.4) is 0 Å². The Labute approximate surface area is 94.3 Å². The molecule has 16 heavy (non-hydrogen) atoms. The van der Waals surface area contributed by atoms with Gasteiger partial charge in [-0.25, -0.2) is 0 Å². The first-order valence-electron chi connectivity index (χ1n) is 5.27. The van der Waals surface area contributed by atoms with Crippen molar-refractivity contribution >= 4 is 11.7 Å². The molecule has 2 heterocycles. The van der Waals surface area contributed by atoms with E-state index in [4.69, 9.17) is 0 Å². The lowest BCUT2D eigenvalue weighted by Crippen LogP contribution is -2.26. The van der Waals surface area contributed by atoms with E-state index in [1.54, 1.807) is 31.3 Å². The smallest absolute Gasteiger partial charge is 0.223 e. The maximum Gasteiger partial charge on any atom is 0.223 e. The van der Waals surface area contributed by atoms with Crippen LogP contribution in [0.5, 0.6) is 0 Å². The Morgan fingerprint density at radius 2 is 2.31 bits per heavy atom. The largest absolute Gasteiger partial charge is 0.338 e. The fourth-order valence-electron chi connectivity index (χ4n) is 2.24. The molecule has 0 bridgehead atoms. The average molecular weight is 218 g/mol. The molecule has 4 nitrogen and oxygen atoms in total. The molecular formula is C12H14N2O2. The van der Waals surface area contributed by atoms with Gasteiger partial charge in [0.05, 0.1) is 12.0 Å². The van der Waals surface area contributed by atoms with Gasteiger partial charge in [0, 0.05) is 25.9 Å². The number of hydrogen-bond donors (Lipinski definition) is 0. The minimum absolute atomic E-state index is 0.0223. The number of rotatable bonds is 2. The second kappa shape index (κ2) is 4.04. The van der Waals surface area contributed by atoms with Crippen molar-refractivity contribution in [1.29, 1.82) is 0 Å². The van der Waals surface area contributed by atoms with Gasteiger partial charge < -0.3 is 4.90 Å². The minimum atomic E-state index is -0.235. The number of carbonyl (C=O) groups excluding carboxylic acids is 2. The van der Waals surface area contributed by atoms with Gasteiger partial charge in [-0.2, -0.15) is 0 Å². The van der Waals surface area contributed by atoms with Gasteiger partial charge >= 0.3 is 0 Å². The molecule has 0 spiro atoms. The maximum atomic E-state index is 11.6. The highest BCUT2D eigenvalue weighted by Gasteiger charge is 2.40. The molecule has 0 saturated carbocycles. The molecular weight excluding hydrogens is 204 g/mol. The van der Waals surface area contributed by atoms with Crippen molar-refractivity contribution in [1.82, 2.24) is 9.88 Å². The van der Waals surface area contributed by atoms with Crippen molar-refractivity contribution in [3.05, 3.63) is 30.1 Å². The number of likely N-dealkylation sites (tertiary alicyclic amines) is 1. The molecule has 1 aromatic heterocycles. The van der Waals surface area contributed by atoms with Crippen LogP contribution < -0.4 is 0 Å². The molecule has 1 fully saturated rings. The molecule has 0 radical (unpaired) electrons. The predicted octanol–water partition coefficient (Wildman–Crippen LogP) is 1.19. The van der Waals surface area contributed by atoms with E-state index in [2.05, 4.69) is 4.98 Å². The van der Waals surface area contributed by atoms with E-state index >= 15 is 0 Å². The van der Waals surface area contributed by atoms with Crippen molar-refractivity contribution in [3.8, 4) is 0 Å². The number of aromatic nitrogens is 1.